The molecule has 18 heavy (non-hydrogen) atoms. The number of nitrogens with two attached hydrogens (primary N) is 1. The average Bonchev–Trinajstić information content (AvgIpc) is 3.11. The molecule has 5 heteroatoms. The number of aryl methyl sites for hydroxylation is 1. The minimum atomic E-state index is -3.45. The fourth-order valence-corrected chi connectivity index (χ4v) is 3.50. The Labute approximate surface area is 109 Å². The Kier molecular flexibility index (Phi) is 3.38. The smallest absolute Gasteiger partial charge is 0.240 e. The third kappa shape index (κ3) is 2.67. The molecule has 0 amide bonds. The van der Waals surface area contributed by atoms with Crippen LogP contribution in [-0.2, 0) is 10.0 Å². The number of hydrogen-bond acceptors (Lipinski definition) is 3. The number of benzene rings is 1. The molecule has 4 nitrogen and oxygen atoms in total. The predicted octanol–water partition coefficient (Wildman–Crippen LogP) is 2.05. The number of rotatable bonds is 5. The lowest BCUT2D eigenvalue weighted by atomic mass is 10.1. The van der Waals surface area contributed by atoms with Gasteiger partial charge >= 0.3 is 0 Å². The van der Waals surface area contributed by atoms with Crippen molar-refractivity contribution in [3.8, 4) is 0 Å². The van der Waals surface area contributed by atoms with Gasteiger partial charge in [0, 0.05) is 12.2 Å². The van der Waals surface area contributed by atoms with Crippen LogP contribution in [-0.4, -0.2) is 15.0 Å². The minimum absolute atomic E-state index is 0.196. The van der Waals surface area contributed by atoms with E-state index in [-0.39, 0.29) is 10.3 Å². The molecule has 1 saturated carbocycles. The van der Waals surface area contributed by atoms with E-state index in [0.717, 1.165) is 24.8 Å². The first-order valence-corrected chi connectivity index (χ1v) is 7.73. The van der Waals surface area contributed by atoms with E-state index in [2.05, 4.69) is 11.6 Å². The maximum Gasteiger partial charge on any atom is 0.240 e. The zero-order valence-electron chi connectivity index (χ0n) is 10.9. The molecular weight excluding hydrogens is 248 g/mol. The Balaban J connectivity index is 2.18. The van der Waals surface area contributed by atoms with Crippen molar-refractivity contribution in [1.82, 2.24) is 4.72 Å². The van der Waals surface area contributed by atoms with E-state index in [0.29, 0.717) is 12.2 Å². The summed E-state index contributed by atoms with van der Waals surface area (Å²) in [5.74, 6) is 0. The van der Waals surface area contributed by atoms with Crippen molar-refractivity contribution in [3.05, 3.63) is 23.8 Å². The van der Waals surface area contributed by atoms with Crippen molar-refractivity contribution in [3.63, 3.8) is 0 Å². The predicted molar refractivity (Wildman–Crippen MR) is 72.7 cm³/mol. The summed E-state index contributed by atoms with van der Waals surface area (Å²) >= 11 is 0. The third-order valence-corrected chi connectivity index (χ3v) is 5.39. The zero-order valence-corrected chi connectivity index (χ0v) is 11.7. The first kappa shape index (κ1) is 13.4. The summed E-state index contributed by atoms with van der Waals surface area (Å²) in [6, 6.07) is 4.96. The van der Waals surface area contributed by atoms with Gasteiger partial charge in [0.15, 0.2) is 0 Å². The number of anilines is 1. The summed E-state index contributed by atoms with van der Waals surface area (Å²) in [6.07, 6.45) is 3.25. The molecule has 0 bridgehead atoms. The second-order valence-corrected chi connectivity index (χ2v) is 6.94. The molecule has 0 saturated heterocycles. The van der Waals surface area contributed by atoms with Gasteiger partial charge in [-0.25, -0.2) is 13.1 Å². The molecule has 1 aliphatic rings. The molecule has 2 rings (SSSR count). The van der Waals surface area contributed by atoms with Crippen LogP contribution in [0.2, 0.25) is 0 Å². The Morgan fingerprint density at radius 2 is 2.06 bits per heavy atom. The summed E-state index contributed by atoms with van der Waals surface area (Å²) in [6.45, 7) is 4.41. The molecule has 1 aromatic carbocycles. The van der Waals surface area contributed by atoms with Gasteiger partial charge in [0.25, 0.3) is 0 Å². The van der Waals surface area contributed by atoms with Crippen molar-refractivity contribution in [1.29, 1.82) is 0 Å². The minimum Gasteiger partial charge on any atom is -0.399 e. The second-order valence-electron chi connectivity index (χ2n) is 5.20. The van der Waals surface area contributed by atoms with Gasteiger partial charge in [-0.2, -0.15) is 0 Å². The van der Waals surface area contributed by atoms with E-state index in [4.69, 9.17) is 5.73 Å². The van der Waals surface area contributed by atoms with E-state index >= 15 is 0 Å². The van der Waals surface area contributed by atoms with E-state index in [1.165, 1.54) is 6.07 Å². The van der Waals surface area contributed by atoms with Crippen LogP contribution in [0.4, 0.5) is 5.69 Å². The number of sulfonamides is 1. The van der Waals surface area contributed by atoms with Crippen LogP contribution in [0, 0.1) is 12.3 Å². The highest BCUT2D eigenvalue weighted by Crippen LogP contribution is 2.48. The van der Waals surface area contributed by atoms with Crippen molar-refractivity contribution < 1.29 is 8.42 Å². The number of nitrogen functional groups attached to an aromatic ring is 1. The molecule has 3 N–H and O–H groups in total. The lowest BCUT2D eigenvalue weighted by Gasteiger charge is -2.15. The highest BCUT2D eigenvalue weighted by atomic mass is 32.2. The maximum atomic E-state index is 12.2. The van der Waals surface area contributed by atoms with Crippen LogP contribution in [0.3, 0.4) is 0 Å². The monoisotopic (exact) mass is 268 g/mol. The molecule has 0 aliphatic heterocycles. The van der Waals surface area contributed by atoms with Gasteiger partial charge < -0.3 is 5.73 Å². The van der Waals surface area contributed by atoms with Crippen molar-refractivity contribution in [2.45, 2.75) is 38.0 Å². The van der Waals surface area contributed by atoms with E-state index < -0.39 is 10.0 Å². The van der Waals surface area contributed by atoms with Crippen LogP contribution in [0.1, 0.15) is 31.7 Å². The Bertz CT molecular complexity index is 548. The molecule has 0 atom stereocenters. The highest BCUT2D eigenvalue weighted by Gasteiger charge is 2.41. The SMILES string of the molecule is CCC1(CNS(=O)(=O)c2cc(N)ccc2C)CC1. The molecule has 1 aromatic rings. The molecule has 100 valence electrons. The van der Waals surface area contributed by atoms with Crippen LogP contribution in [0.25, 0.3) is 0 Å². The van der Waals surface area contributed by atoms with Gasteiger partial charge in [0.1, 0.15) is 0 Å². The summed E-state index contributed by atoms with van der Waals surface area (Å²) in [7, 11) is -3.45. The third-order valence-electron chi connectivity index (χ3n) is 3.85. The number of nitrogens with one attached hydrogen (secondary N) is 1. The van der Waals surface area contributed by atoms with E-state index in [1.54, 1.807) is 19.1 Å². The van der Waals surface area contributed by atoms with Crippen LogP contribution >= 0.6 is 0 Å². The average molecular weight is 268 g/mol. The standard InChI is InChI=1S/C13H20N2O2S/c1-3-13(6-7-13)9-15-18(16,17)12-8-11(14)5-4-10(12)2/h4-5,8,15H,3,6-7,9,14H2,1-2H3. The second kappa shape index (κ2) is 4.55. The Hall–Kier alpha value is -1.07. The highest BCUT2D eigenvalue weighted by molar-refractivity contribution is 7.89. The van der Waals surface area contributed by atoms with Gasteiger partial charge in [-0.1, -0.05) is 13.0 Å². The lowest BCUT2D eigenvalue weighted by Crippen LogP contribution is -2.30. The molecule has 0 aromatic heterocycles. The first-order valence-electron chi connectivity index (χ1n) is 6.24. The van der Waals surface area contributed by atoms with Gasteiger partial charge in [-0.05, 0) is 49.3 Å². The summed E-state index contributed by atoms with van der Waals surface area (Å²) < 4.78 is 27.2. The van der Waals surface area contributed by atoms with E-state index in [1.807, 2.05) is 0 Å². The fraction of sp³-hybridized carbons (Fsp3) is 0.538. The summed E-state index contributed by atoms with van der Waals surface area (Å²) in [5, 5.41) is 0. The number of hydrogen-bond donors (Lipinski definition) is 2. The van der Waals surface area contributed by atoms with Crippen LogP contribution in [0.15, 0.2) is 23.1 Å². The molecule has 0 unspecified atom stereocenters. The molecule has 1 fully saturated rings. The lowest BCUT2D eigenvalue weighted by molar-refractivity contribution is 0.475. The zero-order chi connectivity index (χ0) is 13.4. The van der Waals surface area contributed by atoms with Crippen LogP contribution < -0.4 is 10.5 Å². The van der Waals surface area contributed by atoms with Gasteiger partial charge in [-0.3, -0.25) is 0 Å². The van der Waals surface area contributed by atoms with Gasteiger partial charge in [-0.15, -0.1) is 0 Å². The summed E-state index contributed by atoms with van der Waals surface area (Å²) in [5.41, 5.74) is 7.04. The van der Waals surface area contributed by atoms with Gasteiger partial charge in [0.05, 0.1) is 4.90 Å². The fourth-order valence-electron chi connectivity index (χ4n) is 2.06. The summed E-state index contributed by atoms with van der Waals surface area (Å²) in [4.78, 5) is 0.286. The normalized spacial score (nSPS) is 17.7. The molecule has 0 heterocycles. The quantitative estimate of drug-likeness (QED) is 0.803. The molecular formula is C13H20N2O2S. The molecule has 1 aliphatic carbocycles. The Morgan fingerprint density at radius 3 is 2.61 bits per heavy atom. The van der Waals surface area contributed by atoms with Crippen molar-refractivity contribution in [2.75, 3.05) is 12.3 Å². The van der Waals surface area contributed by atoms with E-state index in [9.17, 15) is 8.42 Å². The van der Waals surface area contributed by atoms with Crippen molar-refractivity contribution >= 4 is 15.7 Å². The molecule has 0 spiro atoms. The van der Waals surface area contributed by atoms with Gasteiger partial charge in [0.2, 0.25) is 10.0 Å². The molecule has 0 radical (unpaired) electrons. The largest absolute Gasteiger partial charge is 0.399 e. The van der Waals surface area contributed by atoms with Crippen LogP contribution in [0.5, 0.6) is 0 Å². The van der Waals surface area contributed by atoms with Crippen molar-refractivity contribution in [2.24, 2.45) is 5.41 Å². The topological polar surface area (TPSA) is 72.2 Å². The maximum absolute atomic E-state index is 12.2. The Morgan fingerprint density at radius 1 is 1.39 bits per heavy atom. The first-order chi connectivity index (χ1) is 8.38.